The fraction of sp³-hybridized carbons (Fsp3) is 0.727. The maximum absolute atomic E-state index is 5.65. The minimum Gasteiger partial charge on any atom is -0.448 e. The van der Waals surface area contributed by atoms with E-state index in [0.717, 1.165) is 17.9 Å². The molecule has 0 atom stereocenters. The van der Waals surface area contributed by atoms with Crippen molar-refractivity contribution >= 4 is 0 Å². The molecule has 0 aromatic carbocycles. The van der Waals surface area contributed by atoms with Gasteiger partial charge in [-0.2, -0.15) is 0 Å². The van der Waals surface area contributed by atoms with E-state index in [0.29, 0.717) is 6.54 Å². The first-order chi connectivity index (χ1) is 6.82. The first kappa shape index (κ1) is 9.71. The maximum atomic E-state index is 5.65. The van der Waals surface area contributed by atoms with Gasteiger partial charge in [-0.05, 0) is 19.3 Å². The number of aromatic nitrogens is 1. The van der Waals surface area contributed by atoms with Gasteiger partial charge < -0.3 is 10.2 Å². The predicted molar refractivity (Wildman–Crippen MR) is 54.8 cm³/mol. The fourth-order valence-corrected chi connectivity index (χ4v) is 2.64. The molecule has 1 aromatic heterocycles. The van der Waals surface area contributed by atoms with Gasteiger partial charge in [0, 0.05) is 12.0 Å². The van der Waals surface area contributed by atoms with Crippen LogP contribution < -0.4 is 5.73 Å². The third-order valence-corrected chi connectivity index (χ3v) is 3.55. The largest absolute Gasteiger partial charge is 0.448 e. The highest BCUT2D eigenvalue weighted by Gasteiger charge is 2.38. The number of nitrogens with two attached hydrogens (primary N) is 1. The number of rotatable bonds is 3. The van der Waals surface area contributed by atoms with Crippen LogP contribution in [-0.2, 0) is 12.0 Å². The van der Waals surface area contributed by atoms with E-state index in [9.17, 15) is 0 Å². The van der Waals surface area contributed by atoms with Crippen LogP contribution in [0.4, 0.5) is 0 Å². The van der Waals surface area contributed by atoms with Crippen LogP contribution in [0.3, 0.4) is 0 Å². The predicted octanol–water partition coefficient (Wildman–Crippen LogP) is 2.36. The third kappa shape index (κ3) is 1.36. The molecule has 1 aromatic rings. The van der Waals surface area contributed by atoms with Gasteiger partial charge in [0.25, 0.3) is 0 Å². The Morgan fingerprint density at radius 1 is 1.50 bits per heavy atom. The first-order valence-corrected chi connectivity index (χ1v) is 5.45. The summed E-state index contributed by atoms with van der Waals surface area (Å²) in [5, 5.41) is 0. The second-order valence-electron chi connectivity index (χ2n) is 4.17. The molecule has 14 heavy (non-hydrogen) atoms. The van der Waals surface area contributed by atoms with Gasteiger partial charge in [-0.3, -0.25) is 0 Å². The molecule has 3 heteroatoms. The van der Waals surface area contributed by atoms with Crippen LogP contribution in [0.1, 0.15) is 50.5 Å². The van der Waals surface area contributed by atoms with Crippen LogP contribution in [0.5, 0.6) is 0 Å². The molecule has 3 nitrogen and oxygen atoms in total. The Morgan fingerprint density at radius 2 is 2.21 bits per heavy atom. The van der Waals surface area contributed by atoms with Crippen molar-refractivity contribution in [3.63, 3.8) is 0 Å². The monoisotopic (exact) mass is 194 g/mol. The van der Waals surface area contributed by atoms with E-state index in [1.807, 2.05) is 0 Å². The maximum Gasteiger partial charge on any atom is 0.181 e. The number of nitrogens with zero attached hydrogens (tertiary/aromatic N) is 1. The Morgan fingerprint density at radius 3 is 2.79 bits per heavy atom. The number of oxazole rings is 1. The van der Waals surface area contributed by atoms with Gasteiger partial charge in [-0.15, -0.1) is 0 Å². The number of hydrogen-bond donors (Lipinski definition) is 1. The summed E-state index contributed by atoms with van der Waals surface area (Å²) in [6.45, 7) is 2.72. The molecule has 78 valence electrons. The van der Waals surface area contributed by atoms with Crippen LogP contribution >= 0.6 is 0 Å². The minimum atomic E-state index is 0.241. The molecular weight excluding hydrogens is 176 g/mol. The Kier molecular flexibility index (Phi) is 2.59. The van der Waals surface area contributed by atoms with Crippen molar-refractivity contribution in [1.82, 2.24) is 4.98 Å². The third-order valence-electron chi connectivity index (χ3n) is 3.55. The van der Waals surface area contributed by atoms with Crippen molar-refractivity contribution in [2.45, 2.75) is 51.0 Å². The first-order valence-electron chi connectivity index (χ1n) is 5.45. The van der Waals surface area contributed by atoms with Gasteiger partial charge in [-0.25, -0.2) is 4.98 Å². The normalized spacial score (nSPS) is 20.1. The fourth-order valence-electron chi connectivity index (χ4n) is 2.64. The van der Waals surface area contributed by atoms with Crippen molar-refractivity contribution in [3.05, 3.63) is 17.8 Å². The molecule has 2 N–H and O–H groups in total. The van der Waals surface area contributed by atoms with Crippen molar-refractivity contribution in [2.75, 3.05) is 0 Å². The highest BCUT2D eigenvalue weighted by Crippen LogP contribution is 2.44. The molecule has 0 aliphatic heterocycles. The lowest BCUT2D eigenvalue weighted by molar-refractivity contribution is 0.326. The molecule has 0 radical (unpaired) electrons. The molecule has 1 aliphatic rings. The van der Waals surface area contributed by atoms with E-state index in [4.69, 9.17) is 10.2 Å². The summed E-state index contributed by atoms with van der Waals surface area (Å²) in [4.78, 5) is 4.18. The summed E-state index contributed by atoms with van der Waals surface area (Å²) in [5.41, 5.74) is 6.85. The molecule has 1 fully saturated rings. The van der Waals surface area contributed by atoms with Crippen molar-refractivity contribution < 1.29 is 4.42 Å². The molecule has 0 spiro atoms. The Bertz CT molecular complexity index is 300. The Labute approximate surface area is 84.7 Å². The zero-order valence-electron chi connectivity index (χ0n) is 8.75. The second kappa shape index (κ2) is 3.73. The molecule has 1 saturated carbocycles. The zero-order chi connectivity index (χ0) is 10.0. The molecule has 0 bridgehead atoms. The summed E-state index contributed by atoms with van der Waals surface area (Å²) >= 11 is 0. The van der Waals surface area contributed by atoms with E-state index < -0.39 is 0 Å². The smallest absolute Gasteiger partial charge is 0.181 e. The molecular formula is C11H18N2O. The van der Waals surface area contributed by atoms with Crippen molar-refractivity contribution in [3.8, 4) is 0 Å². The van der Waals surface area contributed by atoms with Crippen LogP contribution in [0.2, 0.25) is 0 Å². The Hall–Kier alpha value is -0.830. The SMILES string of the molecule is CCC1(c2ocnc2CN)CCCC1. The van der Waals surface area contributed by atoms with Gasteiger partial charge in [0.15, 0.2) is 6.39 Å². The van der Waals surface area contributed by atoms with E-state index in [-0.39, 0.29) is 5.41 Å². The highest BCUT2D eigenvalue weighted by molar-refractivity contribution is 5.20. The lowest BCUT2D eigenvalue weighted by atomic mass is 9.80. The average Bonchev–Trinajstić information content (AvgIpc) is 2.86. The lowest BCUT2D eigenvalue weighted by Gasteiger charge is -2.25. The lowest BCUT2D eigenvalue weighted by Crippen LogP contribution is -2.22. The topological polar surface area (TPSA) is 52.0 Å². The van der Waals surface area contributed by atoms with E-state index in [1.54, 1.807) is 0 Å². The van der Waals surface area contributed by atoms with E-state index in [1.165, 1.54) is 32.1 Å². The van der Waals surface area contributed by atoms with Gasteiger partial charge in [0.05, 0.1) is 5.69 Å². The quantitative estimate of drug-likeness (QED) is 0.803. The molecule has 0 unspecified atom stereocenters. The molecule has 2 rings (SSSR count). The van der Waals surface area contributed by atoms with Crippen LogP contribution in [0.15, 0.2) is 10.8 Å². The Balaban J connectivity index is 2.35. The van der Waals surface area contributed by atoms with E-state index >= 15 is 0 Å². The van der Waals surface area contributed by atoms with E-state index in [2.05, 4.69) is 11.9 Å². The molecule has 1 heterocycles. The van der Waals surface area contributed by atoms with Crippen molar-refractivity contribution in [2.24, 2.45) is 5.73 Å². The summed E-state index contributed by atoms with van der Waals surface area (Å²) < 4.78 is 5.54. The highest BCUT2D eigenvalue weighted by atomic mass is 16.3. The average molecular weight is 194 g/mol. The van der Waals surface area contributed by atoms with Crippen LogP contribution in [0, 0.1) is 0 Å². The summed E-state index contributed by atoms with van der Waals surface area (Å²) in [5.74, 6) is 1.06. The van der Waals surface area contributed by atoms with Gasteiger partial charge in [0.2, 0.25) is 0 Å². The van der Waals surface area contributed by atoms with Gasteiger partial charge >= 0.3 is 0 Å². The van der Waals surface area contributed by atoms with Gasteiger partial charge in [-0.1, -0.05) is 19.8 Å². The summed E-state index contributed by atoms with van der Waals surface area (Å²) in [6.07, 6.45) is 7.73. The standard InChI is InChI=1S/C11H18N2O/c1-2-11(5-3-4-6-11)10-9(7-12)13-8-14-10/h8H,2-7,12H2,1H3. The molecule has 0 amide bonds. The number of hydrogen-bond acceptors (Lipinski definition) is 3. The zero-order valence-corrected chi connectivity index (χ0v) is 8.75. The summed E-state index contributed by atoms with van der Waals surface area (Å²) in [7, 11) is 0. The summed E-state index contributed by atoms with van der Waals surface area (Å²) in [6, 6.07) is 0. The van der Waals surface area contributed by atoms with Crippen LogP contribution in [-0.4, -0.2) is 4.98 Å². The molecule has 1 aliphatic carbocycles. The second-order valence-corrected chi connectivity index (χ2v) is 4.17. The minimum absolute atomic E-state index is 0.241. The van der Waals surface area contributed by atoms with Crippen molar-refractivity contribution in [1.29, 1.82) is 0 Å². The molecule has 0 saturated heterocycles. The van der Waals surface area contributed by atoms with Crippen LogP contribution in [0.25, 0.3) is 0 Å². The van der Waals surface area contributed by atoms with Gasteiger partial charge in [0.1, 0.15) is 5.76 Å².